The molecule has 0 atom stereocenters. The maximum absolute atomic E-state index is 3.39. The minimum atomic E-state index is 0.942. The van der Waals surface area contributed by atoms with Crippen LogP contribution in [0.1, 0.15) is 37.0 Å². The molecule has 1 nitrogen and oxygen atoms in total. The molecule has 0 unspecified atom stereocenters. The Morgan fingerprint density at radius 2 is 1.60 bits per heavy atom. The highest BCUT2D eigenvalue weighted by Crippen LogP contribution is 2.25. The summed E-state index contributed by atoms with van der Waals surface area (Å²) in [7, 11) is 0. The van der Waals surface area contributed by atoms with Crippen molar-refractivity contribution in [3.05, 3.63) is 59.2 Å². The highest BCUT2D eigenvalue weighted by molar-refractivity contribution is 5.68. The van der Waals surface area contributed by atoms with Gasteiger partial charge in [0.05, 0.1) is 0 Å². The van der Waals surface area contributed by atoms with E-state index in [1.165, 1.54) is 40.7 Å². The average Bonchev–Trinajstić information content (AvgIpc) is 2.48. The standard InChI is InChI=1S/C19H25N/c1-4-6-16-9-11-18(12-10-16)19-13-17(14-20-5-2)8-7-15(19)3/h7-13,20H,4-6,14H2,1-3H3. The SMILES string of the molecule is CCCc1ccc(-c2cc(CNCC)ccc2C)cc1. The molecule has 0 saturated carbocycles. The zero-order chi connectivity index (χ0) is 14.4. The summed E-state index contributed by atoms with van der Waals surface area (Å²) >= 11 is 0. The first-order valence-electron chi connectivity index (χ1n) is 7.64. The number of benzene rings is 2. The highest BCUT2D eigenvalue weighted by atomic mass is 14.8. The Balaban J connectivity index is 2.26. The van der Waals surface area contributed by atoms with E-state index >= 15 is 0 Å². The lowest BCUT2D eigenvalue weighted by atomic mass is 9.96. The fourth-order valence-electron chi connectivity index (χ4n) is 2.50. The van der Waals surface area contributed by atoms with Gasteiger partial charge in [-0.15, -0.1) is 0 Å². The van der Waals surface area contributed by atoms with Crippen LogP contribution in [0.3, 0.4) is 0 Å². The molecule has 0 heterocycles. The van der Waals surface area contributed by atoms with Gasteiger partial charge in [-0.2, -0.15) is 0 Å². The molecule has 0 fully saturated rings. The molecule has 0 saturated heterocycles. The van der Waals surface area contributed by atoms with E-state index in [0.717, 1.165) is 13.1 Å². The number of nitrogens with one attached hydrogen (secondary N) is 1. The van der Waals surface area contributed by atoms with Crippen LogP contribution in [0.4, 0.5) is 0 Å². The van der Waals surface area contributed by atoms with E-state index in [-0.39, 0.29) is 0 Å². The van der Waals surface area contributed by atoms with Gasteiger partial charge < -0.3 is 5.32 Å². The fourth-order valence-corrected chi connectivity index (χ4v) is 2.50. The predicted octanol–water partition coefficient (Wildman–Crippen LogP) is 4.72. The zero-order valence-corrected chi connectivity index (χ0v) is 12.9. The lowest BCUT2D eigenvalue weighted by Gasteiger charge is -2.10. The van der Waals surface area contributed by atoms with Gasteiger partial charge in [0.25, 0.3) is 0 Å². The number of hydrogen-bond acceptors (Lipinski definition) is 1. The summed E-state index contributed by atoms with van der Waals surface area (Å²) in [6, 6.07) is 15.8. The van der Waals surface area contributed by atoms with Gasteiger partial charge in [-0.05, 0) is 53.8 Å². The fraction of sp³-hybridized carbons (Fsp3) is 0.368. The Morgan fingerprint density at radius 3 is 2.25 bits per heavy atom. The topological polar surface area (TPSA) is 12.0 Å². The summed E-state index contributed by atoms with van der Waals surface area (Å²) in [4.78, 5) is 0. The van der Waals surface area contributed by atoms with Crippen molar-refractivity contribution in [1.82, 2.24) is 5.32 Å². The monoisotopic (exact) mass is 267 g/mol. The van der Waals surface area contributed by atoms with Gasteiger partial charge in [0.15, 0.2) is 0 Å². The largest absolute Gasteiger partial charge is 0.313 e. The lowest BCUT2D eigenvalue weighted by Crippen LogP contribution is -2.11. The van der Waals surface area contributed by atoms with Crippen LogP contribution in [0.5, 0.6) is 0 Å². The molecule has 1 heteroatoms. The molecule has 0 bridgehead atoms. The van der Waals surface area contributed by atoms with Crippen LogP contribution in [-0.2, 0) is 13.0 Å². The van der Waals surface area contributed by atoms with Crippen molar-refractivity contribution in [3.63, 3.8) is 0 Å². The summed E-state index contributed by atoms with van der Waals surface area (Å²) in [5, 5.41) is 3.39. The van der Waals surface area contributed by atoms with Crippen LogP contribution in [-0.4, -0.2) is 6.54 Å². The van der Waals surface area contributed by atoms with E-state index in [1.807, 2.05) is 0 Å². The Hall–Kier alpha value is -1.60. The third-order valence-electron chi connectivity index (χ3n) is 3.68. The molecule has 0 aliphatic heterocycles. The van der Waals surface area contributed by atoms with Gasteiger partial charge in [0.2, 0.25) is 0 Å². The molecule has 0 spiro atoms. The molecular formula is C19H25N. The summed E-state index contributed by atoms with van der Waals surface area (Å²) in [6.07, 6.45) is 2.37. The van der Waals surface area contributed by atoms with Gasteiger partial charge in [-0.25, -0.2) is 0 Å². The second-order valence-electron chi connectivity index (χ2n) is 5.38. The molecule has 2 rings (SSSR count). The normalized spacial score (nSPS) is 10.8. The summed E-state index contributed by atoms with van der Waals surface area (Å²) in [5.41, 5.74) is 6.79. The average molecular weight is 267 g/mol. The lowest BCUT2D eigenvalue weighted by molar-refractivity contribution is 0.727. The Morgan fingerprint density at radius 1 is 0.900 bits per heavy atom. The molecule has 106 valence electrons. The quantitative estimate of drug-likeness (QED) is 0.798. The van der Waals surface area contributed by atoms with Gasteiger partial charge in [0.1, 0.15) is 0 Å². The second-order valence-corrected chi connectivity index (χ2v) is 5.38. The van der Waals surface area contributed by atoms with Crippen molar-refractivity contribution in [2.75, 3.05) is 6.54 Å². The van der Waals surface area contributed by atoms with Crippen LogP contribution in [0.15, 0.2) is 42.5 Å². The molecule has 2 aromatic rings. The third kappa shape index (κ3) is 3.71. The van der Waals surface area contributed by atoms with Crippen LogP contribution >= 0.6 is 0 Å². The molecule has 1 N–H and O–H groups in total. The number of hydrogen-bond donors (Lipinski definition) is 1. The Kier molecular flexibility index (Phi) is 5.37. The van der Waals surface area contributed by atoms with Crippen LogP contribution in [0.2, 0.25) is 0 Å². The van der Waals surface area contributed by atoms with Gasteiger partial charge >= 0.3 is 0 Å². The van der Waals surface area contributed by atoms with Crippen molar-refractivity contribution in [2.24, 2.45) is 0 Å². The van der Waals surface area contributed by atoms with E-state index in [4.69, 9.17) is 0 Å². The van der Waals surface area contributed by atoms with Crippen LogP contribution in [0.25, 0.3) is 11.1 Å². The maximum atomic E-state index is 3.39. The van der Waals surface area contributed by atoms with Gasteiger partial charge in [0, 0.05) is 6.54 Å². The predicted molar refractivity (Wildman–Crippen MR) is 88.0 cm³/mol. The van der Waals surface area contributed by atoms with E-state index in [2.05, 4.69) is 68.6 Å². The highest BCUT2D eigenvalue weighted by Gasteiger charge is 2.04. The van der Waals surface area contributed by atoms with Gasteiger partial charge in [-0.1, -0.05) is 56.7 Å². The minimum absolute atomic E-state index is 0.942. The van der Waals surface area contributed by atoms with Gasteiger partial charge in [-0.3, -0.25) is 0 Å². The van der Waals surface area contributed by atoms with Crippen molar-refractivity contribution in [2.45, 2.75) is 40.2 Å². The van der Waals surface area contributed by atoms with Crippen LogP contribution in [0, 0.1) is 6.92 Å². The molecule has 0 aliphatic rings. The van der Waals surface area contributed by atoms with E-state index in [9.17, 15) is 0 Å². The number of aryl methyl sites for hydroxylation is 2. The summed E-state index contributed by atoms with van der Waals surface area (Å²) in [5.74, 6) is 0. The van der Waals surface area contributed by atoms with E-state index in [1.54, 1.807) is 0 Å². The molecular weight excluding hydrogens is 242 g/mol. The van der Waals surface area contributed by atoms with Crippen molar-refractivity contribution >= 4 is 0 Å². The second kappa shape index (κ2) is 7.25. The van der Waals surface area contributed by atoms with Crippen molar-refractivity contribution < 1.29 is 0 Å². The first kappa shape index (κ1) is 14.8. The number of rotatable bonds is 6. The first-order valence-corrected chi connectivity index (χ1v) is 7.64. The molecule has 20 heavy (non-hydrogen) atoms. The molecule has 0 aromatic heterocycles. The van der Waals surface area contributed by atoms with E-state index in [0.29, 0.717) is 0 Å². The smallest absolute Gasteiger partial charge is 0.0205 e. The Bertz CT molecular complexity index is 540. The molecule has 0 radical (unpaired) electrons. The van der Waals surface area contributed by atoms with Crippen LogP contribution < -0.4 is 5.32 Å². The minimum Gasteiger partial charge on any atom is -0.313 e. The maximum Gasteiger partial charge on any atom is 0.0205 e. The summed E-state index contributed by atoms with van der Waals surface area (Å²) in [6.45, 7) is 8.50. The zero-order valence-electron chi connectivity index (χ0n) is 12.9. The molecule has 0 aliphatic carbocycles. The van der Waals surface area contributed by atoms with Crippen molar-refractivity contribution in [1.29, 1.82) is 0 Å². The first-order chi connectivity index (χ1) is 9.74. The van der Waals surface area contributed by atoms with E-state index < -0.39 is 0 Å². The molecule has 2 aromatic carbocycles. The Labute approximate surface area is 123 Å². The van der Waals surface area contributed by atoms with Crippen molar-refractivity contribution in [3.8, 4) is 11.1 Å². The summed E-state index contributed by atoms with van der Waals surface area (Å²) < 4.78 is 0. The molecule has 0 amide bonds. The third-order valence-corrected chi connectivity index (χ3v) is 3.68.